The van der Waals surface area contributed by atoms with Gasteiger partial charge in [0, 0.05) is 44.0 Å². The summed E-state index contributed by atoms with van der Waals surface area (Å²) in [7, 11) is 4.07. The van der Waals surface area contributed by atoms with Gasteiger partial charge in [-0.25, -0.2) is 4.98 Å². The van der Waals surface area contributed by atoms with Crippen molar-refractivity contribution in [2.75, 3.05) is 30.9 Å². The Kier molecular flexibility index (Phi) is 7.24. The first-order valence-corrected chi connectivity index (χ1v) is 12.7. The van der Waals surface area contributed by atoms with Gasteiger partial charge in [-0.3, -0.25) is 0 Å². The fourth-order valence-corrected chi connectivity index (χ4v) is 5.17. The fraction of sp³-hybridized carbons (Fsp3) is 0.333. The summed E-state index contributed by atoms with van der Waals surface area (Å²) in [5, 5.41) is 8.60. The fourth-order valence-electron chi connectivity index (χ4n) is 5.17. The molecule has 5 rings (SSSR count). The molecule has 3 aromatic carbocycles. The van der Waals surface area contributed by atoms with Gasteiger partial charge < -0.3 is 15.5 Å². The second-order valence-corrected chi connectivity index (χ2v) is 9.76. The molecule has 180 valence electrons. The standard InChI is InChI=1S/C30H35N5/c1-35(2)29-26-15-9-10-16-28(26)33-30(34-29)32-25-19-17-24(18-20-25)31-21-27(22-11-5-3-6-12-22)23-13-7-4-8-14-23/h3-16,24-25,27,31H,17-21H2,1-2H3,(H,32,33,34). The Labute approximate surface area is 208 Å². The Hall–Kier alpha value is -3.44. The number of para-hydroxylation sites is 1. The molecule has 0 amide bonds. The molecule has 1 aromatic heterocycles. The Morgan fingerprint density at radius 1 is 0.743 bits per heavy atom. The second kappa shape index (κ2) is 10.9. The number of benzene rings is 3. The van der Waals surface area contributed by atoms with Gasteiger partial charge in [0.2, 0.25) is 5.95 Å². The van der Waals surface area contributed by atoms with Gasteiger partial charge in [0.05, 0.1) is 5.52 Å². The zero-order valence-electron chi connectivity index (χ0n) is 20.7. The van der Waals surface area contributed by atoms with Gasteiger partial charge in [-0.15, -0.1) is 0 Å². The summed E-state index contributed by atoms with van der Waals surface area (Å²) >= 11 is 0. The predicted molar refractivity (Wildman–Crippen MR) is 146 cm³/mol. The van der Waals surface area contributed by atoms with Gasteiger partial charge in [0.1, 0.15) is 5.82 Å². The largest absolute Gasteiger partial charge is 0.362 e. The highest BCUT2D eigenvalue weighted by Crippen LogP contribution is 2.28. The minimum atomic E-state index is 0.365. The van der Waals surface area contributed by atoms with E-state index in [4.69, 9.17) is 9.97 Å². The summed E-state index contributed by atoms with van der Waals surface area (Å²) in [6, 6.07) is 30.9. The van der Waals surface area contributed by atoms with Crippen LogP contribution in [-0.2, 0) is 0 Å². The van der Waals surface area contributed by atoms with E-state index in [1.54, 1.807) is 0 Å². The van der Waals surface area contributed by atoms with Gasteiger partial charge in [-0.05, 0) is 48.9 Å². The summed E-state index contributed by atoms with van der Waals surface area (Å²) in [6.45, 7) is 0.955. The lowest BCUT2D eigenvalue weighted by Gasteiger charge is -2.31. The van der Waals surface area contributed by atoms with E-state index in [1.165, 1.54) is 11.1 Å². The van der Waals surface area contributed by atoms with Crippen LogP contribution in [0, 0.1) is 0 Å². The molecule has 1 aliphatic rings. The lowest BCUT2D eigenvalue weighted by molar-refractivity contribution is 0.350. The molecule has 0 spiro atoms. The van der Waals surface area contributed by atoms with Crippen molar-refractivity contribution in [3.05, 3.63) is 96.1 Å². The number of fused-ring (bicyclic) bond motifs is 1. The van der Waals surface area contributed by atoms with Crippen LogP contribution in [0.1, 0.15) is 42.7 Å². The van der Waals surface area contributed by atoms with Crippen LogP contribution in [0.5, 0.6) is 0 Å². The van der Waals surface area contributed by atoms with Crippen LogP contribution in [-0.4, -0.2) is 42.7 Å². The summed E-state index contributed by atoms with van der Waals surface area (Å²) in [5.74, 6) is 2.06. The van der Waals surface area contributed by atoms with Crippen molar-refractivity contribution < 1.29 is 0 Å². The quantitative estimate of drug-likeness (QED) is 0.342. The average Bonchev–Trinajstić information content (AvgIpc) is 2.90. The van der Waals surface area contributed by atoms with E-state index >= 15 is 0 Å². The van der Waals surface area contributed by atoms with Crippen LogP contribution in [0.25, 0.3) is 10.9 Å². The minimum Gasteiger partial charge on any atom is -0.362 e. The molecule has 5 heteroatoms. The van der Waals surface area contributed by atoms with E-state index < -0.39 is 0 Å². The summed E-state index contributed by atoms with van der Waals surface area (Å²) < 4.78 is 0. The van der Waals surface area contributed by atoms with E-state index in [2.05, 4.69) is 88.3 Å². The van der Waals surface area contributed by atoms with Crippen molar-refractivity contribution >= 4 is 22.7 Å². The summed E-state index contributed by atoms with van der Waals surface area (Å²) in [6.07, 6.45) is 4.54. The molecule has 0 atom stereocenters. The third-order valence-electron chi connectivity index (χ3n) is 7.08. The first-order valence-electron chi connectivity index (χ1n) is 12.7. The number of anilines is 2. The number of aromatic nitrogens is 2. The second-order valence-electron chi connectivity index (χ2n) is 9.76. The van der Waals surface area contributed by atoms with Crippen LogP contribution in [0.4, 0.5) is 11.8 Å². The number of hydrogen-bond acceptors (Lipinski definition) is 5. The van der Waals surface area contributed by atoms with Crippen molar-refractivity contribution in [2.24, 2.45) is 0 Å². The normalized spacial score (nSPS) is 18.0. The van der Waals surface area contributed by atoms with Gasteiger partial charge in [0.15, 0.2) is 0 Å². The molecule has 1 aliphatic carbocycles. The summed E-state index contributed by atoms with van der Waals surface area (Å²) in [5.41, 5.74) is 3.72. The van der Waals surface area contributed by atoms with Crippen LogP contribution >= 0.6 is 0 Å². The smallest absolute Gasteiger partial charge is 0.225 e. The van der Waals surface area contributed by atoms with E-state index in [1.807, 2.05) is 26.2 Å². The molecule has 0 aliphatic heterocycles. The van der Waals surface area contributed by atoms with Gasteiger partial charge in [-0.2, -0.15) is 4.98 Å². The Bertz CT molecular complexity index is 1180. The Morgan fingerprint density at radius 2 is 1.31 bits per heavy atom. The summed E-state index contributed by atoms with van der Waals surface area (Å²) in [4.78, 5) is 11.7. The van der Waals surface area contributed by atoms with E-state index in [0.29, 0.717) is 18.0 Å². The lowest BCUT2D eigenvalue weighted by Crippen LogP contribution is -2.39. The molecule has 1 saturated carbocycles. The molecule has 0 radical (unpaired) electrons. The number of rotatable bonds is 8. The van der Waals surface area contributed by atoms with E-state index in [-0.39, 0.29) is 0 Å². The molecule has 5 nitrogen and oxygen atoms in total. The average molecular weight is 466 g/mol. The molecule has 0 bridgehead atoms. The molecule has 0 unspecified atom stereocenters. The molecular formula is C30H35N5. The molecule has 35 heavy (non-hydrogen) atoms. The molecular weight excluding hydrogens is 430 g/mol. The van der Waals surface area contributed by atoms with E-state index in [0.717, 1.165) is 54.9 Å². The maximum absolute atomic E-state index is 4.83. The number of nitrogens with one attached hydrogen (secondary N) is 2. The Morgan fingerprint density at radius 3 is 1.94 bits per heavy atom. The van der Waals surface area contributed by atoms with Crippen molar-refractivity contribution in [2.45, 2.75) is 43.7 Å². The van der Waals surface area contributed by atoms with Gasteiger partial charge in [-0.1, -0.05) is 72.8 Å². The van der Waals surface area contributed by atoms with E-state index in [9.17, 15) is 0 Å². The third kappa shape index (κ3) is 5.63. The minimum absolute atomic E-state index is 0.365. The lowest BCUT2D eigenvalue weighted by atomic mass is 9.88. The van der Waals surface area contributed by atoms with Crippen LogP contribution in [0.3, 0.4) is 0 Å². The highest BCUT2D eigenvalue weighted by atomic mass is 15.2. The van der Waals surface area contributed by atoms with Crippen molar-refractivity contribution in [1.29, 1.82) is 0 Å². The number of nitrogens with zero attached hydrogens (tertiary/aromatic N) is 3. The Balaban J connectivity index is 1.20. The SMILES string of the molecule is CN(C)c1nc(NC2CCC(NCC(c3ccccc3)c3ccccc3)CC2)nc2ccccc12. The van der Waals surface area contributed by atoms with Crippen LogP contribution < -0.4 is 15.5 Å². The van der Waals surface area contributed by atoms with Crippen molar-refractivity contribution in [3.63, 3.8) is 0 Å². The predicted octanol–water partition coefficient (Wildman–Crippen LogP) is 5.84. The first kappa shape index (κ1) is 23.3. The molecule has 1 heterocycles. The molecule has 4 aromatic rings. The zero-order valence-corrected chi connectivity index (χ0v) is 20.7. The highest BCUT2D eigenvalue weighted by Gasteiger charge is 2.23. The van der Waals surface area contributed by atoms with Gasteiger partial charge in [0.25, 0.3) is 0 Å². The van der Waals surface area contributed by atoms with Crippen LogP contribution in [0.15, 0.2) is 84.9 Å². The van der Waals surface area contributed by atoms with Crippen molar-refractivity contribution in [1.82, 2.24) is 15.3 Å². The molecule has 1 fully saturated rings. The number of hydrogen-bond donors (Lipinski definition) is 2. The maximum Gasteiger partial charge on any atom is 0.225 e. The molecule has 2 N–H and O–H groups in total. The van der Waals surface area contributed by atoms with Crippen molar-refractivity contribution in [3.8, 4) is 0 Å². The first-order chi connectivity index (χ1) is 17.2. The topological polar surface area (TPSA) is 53.1 Å². The monoisotopic (exact) mass is 465 g/mol. The molecule has 0 saturated heterocycles. The highest BCUT2D eigenvalue weighted by molar-refractivity contribution is 5.90. The van der Waals surface area contributed by atoms with Crippen LogP contribution in [0.2, 0.25) is 0 Å². The van der Waals surface area contributed by atoms with Gasteiger partial charge >= 0.3 is 0 Å². The third-order valence-corrected chi connectivity index (χ3v) is 7.08. The zero-order chi connectivity index (χ0) is 24.0. The maximum atomic E-state index is 4.83.